The number of ether oxygens (including phenoxy) is 1. The third-order valence-corrected chi connectivity index (χ3v) is 3.12. The number of anilines is 2. The fourth-order valence-electron chi connectivity index (χ4n) is 2.04. The highest BCUT2D eigenvalue weighted by molar-refractivity contribution is 5.57. The van der Waals surface area contributed by atoms with Gasteiger partial charge in [-0.15, -0.1) is 0 Å². The molecule has 0 saturated carbocycles. The molecule has 0 atom stereocenters. The van der Waals surface area contributed by atoms with Gasteiger partial charge < -0.3 is 15.4 Å². The van der Waals surface area contributed by atoms with Gasteiger partial charge in [0, 0.05) is 38.3 Å². The lowest BCUT2D eigenvalue weighted by molar-refractivity contribution is 0.134. The van der Waals surface area contributed by atoms with Crippen LogP contribution in [-0.4, -0.2) is 36.3 Å². The minimum atomic E-state index is 0.798. The van der Waals surface area contributed by atoms with Crippen LogP contribution in [0.15, 0.2) is 0 Å². The molecular weight excluding hydrogens is 264 g/mol. The van der Waals surface area contributed by atoms with Gasteiger partial charge in [-0.1, -0.05) is 13.8 Å². The van der Waals surface area contributed by atoms with Crippen molar-refractivity contribution in [1.29, 1.82) is 0 Å². The van der Waals surface area contributed by atoms with Gasteiger partial charge in [0.2, 0.25) is 0 Å². The van der Waals surface area contributed by atoms with E-state index in [2.05, 4.69) is 48.3 Å². The van der Waals surface area contributed by atoms with Crippen molar-refractivity contribution < 1.29 is 4.74 Å². The van der Waals surface area contributed by atoms with E-state index in [0.29, 0.717) is 0 Å². The van der Waals surface area contributed by atoms with Crippen LogP contribution in [0.3, 0.4) is 0 Å². The van der Waals surface area contributed by atoms with Crippen molar-refractivity contribution in [2.24, 2.45) is 0 Å². The summed E-state index contributed by atoms with van der Waals surface area (Å²) in [6.45, 7) is 11.8. The lowest BCUT2D eigenvalue weighted by Gasteiger charge is -2.14. The quantitative estimate of drug-likeness (QED) is 0.613. The molecule has 0 fully saturated rings. The number of nitrogens with zero attached hydrogens (tertiary/aromatic N) is 2. The molecule has 0 radical (unpaired) electrons. The first kappa shape index (κ1) is 17.7. The lowest BCUT2D eigenvalue weighted by Crippen LogP contribution is -2.13. The Balaban J connectivity index is 2.61. The molecular formula is C16H30N4O. The minimum absolute atomic E-state index is 0.798. The molecule has 0 aliphatic carbocycles. The van der Waals surface area contributed by atoms with Crippen molar-refractivity contribution >= 4 is 11.6 Å². The predicted molar refractivity (Wildman–Crippen MR) is 89.1 cm³/mol. The third kappa shape index (κ3) is 6.29. The fourth-order valence-corrected chi connectivity index (χ4v) is 2.04. The average molecular weight is 294 g/mol. The van der Waals surface area contributed by atoms with Crippen molar-refractivity contribution in [3.63, 3.8) is 0 Å². The summed E-state index contributed by atoms with van der Waals surface area (Å²) in [5.74, 6) is 2.80. The monoisotopic (exact) mass is 294 g/mol. The van der Waals surface area contributed by atoms with Crippen LogP contribution in [0.2, 0.25) is 0 Å². The molecule has 0 spiro atoms. The van der Waals surface area contributed by atoms with E-state index in [9.17, 15) is 0 Å². The van der Waals surface area contributed by atoms with E-state index in [1.165, 1.54) is 0 Å². The topological polar surface area (TPSA) is 59.1 Å². The molecule has 5 nitrogen and oxygen atoms in total. The Kier molecular flexibility index (Phi) is 8.74. The molecule has 0 saturated heterocycles. The Morgan fingerprint density at radius 1 is 0.952 bits per heavy atom. The van der Waals surface area contributed by atoms with Gasteiger partial charge in [-0.3, -0.25) is 0 Å². The van der Waals surface area contributed by atoms with Gasteiger partial charge in [0.25, 0.3) is 0 Å². The van der Waals surface area contributed by atoms with E-state index >= 15 is 0 Å². The predicted octanol–water partition coefficient (Wildman–Crippen LogP) is 3.40. The van der Waals surface area contributed by atoms with E-state index in [0.717, 1.165) is 75.0 Å². The van der Waals surface area contributed by atoms with E-state index < -0.39 is 0 Å². The molecule has 5 heteroatoms. The molecule has 0 unspecified atom stereocenters. The van der Waals surface area contributed by atoms with Crippen molar-refractivity contribution in [3.05, 3.63) is 11.4 Å². The van der Waals surface area contributed by atoms with Crippen LogP contribution in [-0.2, 0) is 11.2 Å². The number of hydrogen-bond acceptors (Lipinski definition) is 5. The van der Waals surface area contributed by atoms with Gasteiger partial charge in [-0.05, 0) is 33.1 Å². The summed E-state index contributed by atoms with van der Waals surface area (Å²) in [6, 6.07) is 0. The van der Waals surface area contributed by atoms with E-state index in [1.807, 2.05) is 0 Å². The summed E-state index contributed by atoms with van der Waals surface area (Å²) < 4.78 is 5.49. The number of hydrogen-bond donors (Lipinski definition) is 2. The Morgan fingerprint density at radius 3 is 2.29 bits per heavy atom. The van der Waals surface area contributed by atoms with Crippen molar-refractivity contribution in [2.75, 3.05) is 36.9 Å². The summed E-state index contributed by atoms with van der Waals surface area (Å²) in [7, 11) is 0. The van der Waals surface area contributed by atoms with Crippen LogP contribution in [0.4, 0.5) is 11.6 Å². The van der Waals surface area contributed by atoms with Gasteiger partial charge in [0.05, 0.1) is 0 Å². The van der Waals surface area contributed by atoms with Crippen LogP contribution in [0.1, 0.15) is 51.4 Å². The van der Waals surface area contributed by atoms with Crippen LogP contribution < -0.4 is 10.6 Å². The minimum Gasteiger partial charge on any atom is -0.381 e. The molecule has 1 aromatic rings. The maximum atomic E-state index is 5.49. The number of aromatic nitrogens is 2. The first-order chi connectivity index (χ1) is 10.2. The van der Waals surface area contributed by atoms with E-state index in [-0.39, 0.29) is 0 Å². The zero-order valence-corrected chi connectivity index (χ0v) is 14.0. The molecule has 0 amide bonds. The highest BCUT2D eigenvalue weighted by Gasteiger charge is 2.09. The first-order valence-corrected chi connectivity index (χ1v) is 8.15. The molecule has 0 aliphatic rings. The molecule has 1 aromatic heterocycles. The number of nitrogens with one attached hydrogen (secondary N) is 2. The highest BCUT2D eigenvalue weighted by atomic mass is 16.5. The first-order valence-electron chi connectivity index (χ1n) is 8.15. The summed E-state index contributed by atoms with van der Waals surface area (Å²) in [5, 5.41) is 6.73. The third-order valence-electron chi connectivity index (χ3n) is 3.12. The lowest BCUT2D eigenvalue weighted by atomic mass is 10.2. The van der Waals surface area contributed by atoms with Gasteiger partial charge in [0.1, 0.15) is 17.5 Å². The Hall–Kier alpha value is -1.36. The molecule has 1 heterocycles. The zero-order chi connectivity index (χ0) is 15.5. The molecule has 0 aliphatic heterocycles. The standard InChI is InChI=1S/C16H30N4O/c1-5-9-14-19-15(17-7-3)13(4)16(20-14)18-10-8-12-21-11-6-2/h5-12H2,1-4H3,(H2,17,18,19,20). The van der Waals surface area contributed by atoms with Gasteiger partial charge >= 0.3 is 0 Å². The zero-order valence-electron chi connectivity index (χ0n) is 14.0. The summed E-state index contributed by atoms with van der Waals surface area (Å²) in [4.78, 5) is 9.23. The number of rotatable bonds is 11. The molecule has 1 rings (SSSR count). The molecule has 2 N–H and O–H groups in total. The SMILES string of the molecule is CCCOCCCNc1nc(CCC)nc(NCC)c1C. The summed E-state index contributed by atoms with van der Waals surface area (Å²) in [5.41, 5.74) is 1.09. The van der Waals surface area contributed by atoms with Crippen LogP contribution in [0, 0.1) is 6.92 Å². The Morgan fingerprint density at radius 2 is 1.67 bits per heavy atom. The van der Waals surface area contributed by atoms with E-state index in [1.54, 1.807) is 0 Å². The number of aryl methyl sites for hydroxylation is 1. The summed E-state index contributed by atoms with van der Waals surface area (Å²) >= 11 is 0. The maximum absolute atomic E-state index is 5.49. The van der Waals surface area contributed by atoms with Crippen molar-refractivity contribution in [1.82, 2.24) is 9.97 Å². The smallest absolute Gasteiger partial charge is 0.134 e. The van der Waals surface area contributed by atoms with Crippen molar-refractivity contribution in [3.8, 4) is 0 Å². The molecule has 0 bridgehead atoms. The largest absolute Gasteiger partial charge is 0.381 e. The Labute approximate surface area is 128 Å². The maximum Gasteiger partial charge on any atom is 0.134 e. The van der Waals surface area contributed by atoms with Crippen molar-refractivity contribution in [2.45, 2.75) is 53.4 Å². The molecule has 21 heavy (non-hydrogen) atoms. The van der Waals surface area contributed by atoms with Crippen LogP contribution in [0.5, 0.6) is 0 Å². The molecule has 0 aromatic carbocycles. The Bertz CT molecular complexity index is 410. The second-order valence-corrected chi connectivity index (χ2v) is 5.14. The fraction of sp³-hybridized carbons (Fsp3) is 0.750. The van der Waals surface area contributed by atoms with Gasteiger partial charge in [0.15, 0.2) is 0 Å². The second kappa shape index (κ2) is 10.4. The highest BCUT2D eigenvalue weighted by Crippen LogP contribution is 2.20. The van der Waals surface area contributed by atoms with Gasteiger partial charge in [-0.2, -0.15) is 0 Å². The van der Waals surface area contributed by atoms with Gasteiger partial charge in [-0.25, -0.2) is 9.97 Å². The molecule has 120 valence electrons. The average Bonchev–Trinajstić information content (AvgIpc) is 2.47. The summed E-state index contributed by atoms with van der Waals surface area (Å²) in [6.07, 6.45) is 4.03. The van der Waals surface area contributed by atoms with Crippen LogP contribution >= 0.6 is 0 Å². The normalized spacial score (nSPS) is 10.7. The van der Waals surface area contributed by atoms with Crippen LogP contribution in [0.25, 0.3) is 0 Å². The second-order valence-electron chi connectivity index (χ2n) is 5.14. The van der Waals surface area contributed by atoms with E-state index in [4.69, 9.17) is 4.74 Å².